The van der Waals surface area contributed by atoms with Gasteiger partial charge >= 0.3 is 5.51 Å². The summed E-state index contributed by atoms with van der Waals surface area (Å²) >= 11 is 0.0208. The Labute approximate surface area is 109 Å². The topological polar surface area (TPSA) is 12.0 Å². The third kappa shape index (κ3) is 4.90. The van der Waals surface area contributed by atoms with Crippen molar-refractivity contribution in [3.8, 4) is 0 Å². The molecule has 0 atom stereocenters. The molecule has 1 aliphatic rings. The van der Waals surface area contributed by atoms with E-state index < -0.39 is 5.51 Å². The Morgan fingerprint density at radius 1 is 1.17 bits per heavy atom. The Bertz CT molecular complexity index is 371. The van der Waals surface area contributed by atoms with Crippen LogP contribution in [0.1, 0.15) is 29.9 Å². The van der Waals surface area contributed by atoms with Crippen LogP contribution < -0.4 is 5.32 Å². The molecule has 1 nitrogen and oxygen atoms in total. The monoisotopic (exact) mass is 275 g/mol. The summed E-state index contributed by atoms with van der Waals surface area (Å²) in [6, 6.07) is 8.35. The largest absolute Gasteiger partial charge is 0.441 e. The molecule has 0 unspecified atom stereocenters. The molecule has 0 bridgehead atoms. The van der Waals surface area contributed by atoms with Gasteiger partial charge in [-0.3, -0.25) is 0 Å². The third-order valence-corrected chi connectivity index (χ3v) is 3.64. The predicted molar refractivity (Wildman–Crippen MR) is 68.6 cm³/mol. The predicted octanol–water partition coefficient (Wildman–Crippen LogP) is 3.91. The smallest absolute Gasteiger partial charge is 0.312 e. The van der Waals surface area contributed by atoms with Crippen LogP contribution in [0.3, 0.4) is 0 Å². The van der Waals surface area contributed by atoms with Gasteiger partial charge in [-0.2, -0.15) is 13.2 Å². The summed E-state index contributed by atoms with van der Waals surface area (Å²) in [5.74, 6) is 0.805. The highest BCUT2D eigenvalue weighted by molar-refractivity contribution is 8.00. The summed E-state index contributed by atoms with van der Waals surface area (Å²) in [4.78, 5) is 0. The maximum Gasteiger partial charge on any atom is 0.441 e. The van der Waals surface area contributed by atoms with Gasteiger partial charge in [-0.05, 0) is 41.6 Å². The maximum atomic E-state index is 11.9. The molecule has 2 rings (SSSR count). The second-order valence-electron chi connectivity index (χ2n) is 4.49. The first kappa shape index (κ1) is 13.7. The lowest BCUT2D eigenvalue weighted by Gasteiger charge is -2.07. The molecule has 100 valence electrons. The molecule has 0 aliphatic heterocycles. The van der Waals surface area contributed by atoms with Crippen molar-refractivity contribution in [2.24, 2.45) is 0 Å². The molecule has 0 aromatic heterocycles. The number of thioether (sulfide) groups is 1. The molecule has 0 saturated heterocycles. The fourth-order valence-electron chi connectivity index (χ4n) is 1.80. The van der Waals surface area contributed by atoms with Crippen LogP contribution in [0.25, 0.3) is 0 Å². The van der Waals surface area contributed by atoms with Crippen LogP contribution in [0.4, 0.5) is 13.2 Å². The second-order valence-corrected chi connectivity index (χ2v) is 5.65. The van der Waals surface area contributed by atoms with Gasteiger partial charge in [0.25, 0.3) is 0 Å². The van der Waals surface area contributed by atoms with Crippen molar-refractivity contribution in [1.29, 1.82) is 0 Å². The fraction of sp³-hybridized carbons (Fsp3) is 0.538. The molecule has 1 aromatic carbocycles. The average Bonchev–Trinajstić information content (AvgIpc) is 3.12. The first-order chi connectivity index (χ1) is 8.54. The van der Waals surface area contributed by atoms with Crippen molar-refractivity contribution in [3.05, 3.63) is 35.4 Å². The van der Waals surface area contributed by atoms with E-state index in [-0.39, 0.29) is 17.5 Å². The van der Waals surface area contributed by atoms with Crippen LogP contribution in [0, 0.1) is 0 Å². The van der Waals surface area contributed by atoms with Crippen LogP contribution in [0.15, 0.2) is 24.3 Å². The lowest BCUT2D eigenvalue weighted by Crippen LogP contribution is -2.18. The van der Waals surface area contributed by atoms with Gasteiger partial charge in [0, 0.05) is 18.8 Å². The molecule has 0 radical (unpaired) electrons. The zero-order chi connectivity index (χ0) is 13.0. The van der Waals surface area contributed by atoms with Crippen molar-refractivity contribution in [3.63, 3.8) is 0 Å². The fourth-order valence-corrected chi connectivity index (χ4v) is 2.27. The summed E-state index contributed by atoms with van der Waals surface area (Å²) in [6.45, 7) is 0.998. The number of hydrogen-bond donors (Lipinski definition) is 1. The van der Waals surface area contributed by atoms with Crippen LogP contribution >= 0.6 is 11.8 Å². The molecule has 18 heavy (non-hydrogen) atoms. The van der Waals surface area contributed by atoms with E-state index in [1.807, 2.05) is 0 Å². The highest BCUT2D eigenvalue weighted by Crippen LogP contribution is 2.39. The van der Waals surface area contributed by atoms with Crippen molar-refractivity contribution in [2.75, 3.05) is 12.3 Å². The number of hydrogen-bond acceptors (Lipinski definition) is 2. The Morgan fingerprint density at radius 2 is 1.83 bits per heavy atom. The van der Waals surface area contributed by atoms with Crippen molar-refractivity contribution >= 4 is 11.8 Å². The summed E-state index contributed by atoms with van der Waals surface area (Å²) in [6.07, 6.45) is 2.57. The lowest BCUT2D eigenvalue weighted by atomic mass is 10.1. The maximum absolute atomic E-state index is 11.9. The standard InChI is InChI=1S/C13H16F3NS/c14-13(15,16)18-8-7-17-9-10-1-3-11(4-2-10)12-5-6-12/h1-4,12,17H,5-9H2. The van der Waals surface area contributed by atoms with Gasteiger partial charge in [-0.15, -0.1) is 0 Å². The van der Waals surface area contributed by atoms with Crippen LogP contribution in [-0.4, -0.2) is 17.8 Å². The Kier molecular flexibility index (Phi) is 4.56. The van der Waals surface area contributed by atoms with Crippen molar-refractivity contribution in [2.45, 2.75) is 30.8 Å². The molecular weight excluding hydrogens is 259 g/mol. The van der Waals surface area contributed by atoms with E-state index in [9.17, 15) is 13.2 Å². The molecule has 0 amide bonds. The van der Waals surface area contributed by atoms with Gasteiger partial charge in [0.15, 0.2) is 0 Å². The third-order valence-electron chi connectivity index (χ3n) is 2.90. The zero-order valence-electron chi connectivity index (χ0n) is 9.96. The molecule has 5 heteroatoms. The van der Waals surface area contributed by atoms with E-state index in [1.165, 1.54) is 18.4 Å². The minimum absolute atomic E-state index is 0.0208. The van der Waals surface area contributed by atoms with Gasteiger partial charge < -0.3 is 5.32 Å². The molecule has 0 spiro atoms. The van der Waals surface area contributed by atoms with Gasteiger partial charge in [-0.1, -0.05) is 24.3 Å². The summed E-state index contributed by atoms with van der Waals surface area (Å²) in [5.41, 5.74) is -1.61. The lowest BCUT2D eigenvalue weighted by molar-refractivity contribution is -0.0327. The summed E-state index contributed by atoms with van der Waals surface area (Å²) in [7, 11) is 0. The van der Waals surface area contributed by atoms with Crippen molar-refractivity contribution < 1.29 is 13.2 Å². The summed E-state index contributed by atoms with van der Waals surface area (Å²) < 4.78 is 35.6. The Balaban J connectivity index is 1.64. The molecule has 1 fully saturated rings. The molecule has 1 saturated carbocycles. The first-order valence-electron chi connectivity index (χ1n) is 6.05. The van der Waals surface area contributed by atoms with Crippen LogP contribution in [-0.2, 0) is 6.54 Å². The number of halogens is 3. The van der Waals surface area contributed by atoms with E-state index >= 15 is 0 Å². The molecule has 0 heterocycles. The van der Waals surface area contributed by atoms with Gasteiger partial charge in [0.1, 0.15) is 0 Å². The quantitative estimate of drug-likeness (QED) is 0.790. The minimum atomic E-state index is -4.12. The number of benzene rings is 1. The number of alkyl halides is 3. The van der Waals surface area contributed by atoms with Crippen LogP contribution in [0.5, 0.6) is 0 Å². The first-order valence-corrected chi connectivity index (χ1v) is 7.03. The normalized spacial score (nSPS) is 15.9. The second kappa shape index (κ2) is 5.97. The molecular formula is C13H16F3NS. The Morgan fingerprint density at radius 3 is 2.39 bits per heavy atom. The van der Waals surface area contributed by atoms with E-state index in [1.54, 1.807) is 0 Å². The van der Waals surface area contributed by atoms with Crippen LogP contribution in [0.2, 0.25) is 0 Å². The highest BCUT2D eigenvalue weighted by atomic mass is 32.2. The number of rotatable bonds is 6. The molecule has 1 aliphatic carbocycles. The Hall–Kier alpha value is -0.680. The summed E-state index contributed by atoms with van der Waals surface area (Å²) in [5, 5.41) is 3.02. The van der Waals surface area contributed by atoms with E-state index in [2.05, 4.69) is 29.6 Å². The van der Waals surface area contributed by atoms with Gasteiger partial charge in [-0.25, -0.2) is 0 Å². The minimum Gasteiger partial charge on any atom is -0.312 e. The highest BCUT2D eigenvalue weighted by Gasteiger charge is 2.27. The molecule has 1 N–H and O–H groups in total. The van der Waals surface area contributed by atoms with Gasteiger partial charge in [0.05, 0.1) is 0 Å². The van der Waals surface area contributed by atoms with E-state index in [4.69, 9.17) is 0 Å². The van der Waals surface area contributed by atoms with E-state index in [0.717, 1.165) is 11.5 Å². The number of nitrogens with one attached hydrogen (secondary N) is 1. The zero-order valence-corrected chi connectivity index (χ0v) is 10.8. The van der Waals surface area contributed by atoms with Crippen molar-refractivity contribution in [1.82, 2.24) is 5.32 Å². The SMILES string of the molecule is FC(F)(F)SCCNCc1ccc(C2CC2)cc1. The molecule has 1 aromatic rings. The van der Waals surface area contributed by atoms with Gasteiger partial charge in [0.2, 0.25) is 0 Å². The van der Waals surface area contributed by atoms with E-state index in [0.29, 0.717) is 13.1 Å². The average molecular weight is 275 g/mol.